The van der Waals surface area contributed by atoms with Gasteiger partial charge in [-0.2, -0.15) is 0 Å². The molecule has 0 unspecified atom stereocenters. The number of methoxy groups -OCH3 is 1. The van der Waals surface area contributed by atoms with Gasteiger partial charge in [0.1, 0.15) is 5.75 Å². The standard InChI is InChI=1S/C18H22N2O/c1-21-18-10-14(6-7-16(18)11-19)12-20-9-8-15-4-2-3-5-17(15)13-20/h2-7,10H,8-9,11-13,19H2,1H3. The number of ether oxygens (including phenoxy) is 1. The lowest BCUT2D eigenvalue weighted by Crippen LogP contribution is -2.30. The Morgan fingerprint density at radius 3 is 2.71 bits per heavy atom. The predicted octanol–water partition coefficient (Wildman–Crippen LogP) is 2.71. The molecule has 0 radical (unpaired) electrons. The molecule has 1 aliphatic heterocycles. The van der Waals surface area contributed by atoms with Gasteiger partial charge in [0.2, 0.25) is 0 Å². The minimum absolute atomic E-state index is 0.514. The molecule has 2 N–H and O–H groups in total. The molecular formula is C18H22N2O. The normalized spacial score (nSPS) is 14.8. The summed E-state index contributed by atoms with van der Waals surface area (Å²) in [4.78, 5) is 2.49. The summed E-state index contributed by atoms with van der Waals surface area (Å²) in [5, 5.41) is 0. The number of nitrogens with zero attached hydrogens (tertiary/aromatic N) is 1. The zero-order valence-corrected chi connectivity index (χ0v) is 12.5. The van der Waals surface area contributed by atoms with Gasteiger partial charge in [-0.1, -0.05) is 36.4 Å². The molecule has 0 saturated heterocycles. The van der Waals surface area contributed by atoms with Crippen LogP contribution in [-0.2, 0) is 26.1 Å². The molecule has 3 nitrogen and oxygen atoms in total. The van der Waals surface area contributed by atoms with Crippen LogP contribution in [0.5, 0.6) is 5.75 Å². The van der Waals surface area contributed by atoms with Crippen molar-refractivity contribution < 1.29 is 4.74 Å². The lowest BCUT2D eigenvalue weighted by molar-refractivity contribution is 0.245. The van der Waals surface area contributed by atoms with Crippen LogP contribution in [0, 0.1) is 0 Å². The highest BCUT2D eigenvalue weighted by molar-refractivity contribution is 5.37. The lowest BCUT2D eigenvalue weighted by atomic mass is 9.99. The van der Waals surface area contributed by atoms with E-state index >= 15 is 0 Å². The molecule has 0 spiro atoms. The molecule has 0 amide bonds. The monoisotopic (exact) mass is 282 g/mol. The Kier molecular flexibility index (Phi) is 4.23. The lowest BCUT2D eigenvalue weighted by Gasteiger charge is -2.28. The van der Waals surface area contributed by atoms with Gasteiger partial charge in [0.15, 0.2) is 0 Å². The molecule has 0 bridgehead atoms. The fourth-order valence-corrected chi connectivity index (χ4v) is 3.00. The molecule has 0 fully saturated rings. The van der Waals surface area contributed by atoms with Gasteiger partial charge in [0.25, 0.3) is 0 Å². The summed E-state index contributed by atoms with van der Waals surface area (Å²) in [5.74, 6) is 0.896. The summed E-state index contributed by atoms with van der Waals surface area (Å²) in [6.07, 6.45) is 1.13. The molecule has 2 aromatic rings. The average Bonchev–Trinajstić information content (AvgIpc) is 2.54. The number of hydrogen-bond donors (Lipinski definition) is 1. The third-order valence-electron chi connectivity index (χ3n) is 4.19. The first-order chi connectivity index (χ1) is 10.3. The minimum atomic E-state index is 0.514. The maximum absolute atomic E-state index is 5.72. The van der Waals surface area contributed by atoms with E-state index in [0.29, 0.717) is 6.54 Å². The first kappa shape index (κ1) is 14.1. The third kappa shape index (κ3) is 3.09. The van der Waals surface area contributed by atoms with Crippen LogP contribution in [0.4, 0.5) is 0 Å². The summed E-state index contributed by atoms with van der Waals surface area (Å²) < 4.78 is 5.42. The second kappa shape index (κ2) is 6.29. The van der Waals surface area contributed by atoms with Crippen molar-refractivity contribution in [1.29, 1.82) is 0 Å². The smallest absolute Gasteiger partial charge is 0.123 e. The van der Waals surface area contributed by atoms with E-state index in [1.807, 2.05) is 0 Å². The number of nitrogens with two attached hydrogens (primary N) is 1. The van der Waals surface area contributed by atoms with Gasteiger partial charge in [0, 0.05) is 31.7 Å². The molecule has 1 aliphatic rings. The molecule has 0 atom stereocenters. The molecule has 0 aromatic heterocycles. The van der Waals surface area contributed by atoms with Crippen molar-refractivity contribution in [2.45, 2.75) is 26.1 Å². The number of rotatable bonds is 4. The highest BCUT2D eigenvalue weighted by Crippen LogP contribution is 2.23. The van der Waals surface area contributed by atoms with Crippen molar-refractivity contribution in [1.82, 2.24) is 4.90 Å². The first-order valence-electron chi connectivity index (χ1n) is 7.45. The first-order valence-corrected chi connectivity index (χ1v) is 7.45. The topological polar surface area (TPSA) is 38.5 Å². The van der Waals surface area contributed by atoms with Crippen LogP contribution in [0.25, 0.3) is 0 Å². The van der Waals surface area contributed by atoms with Crippen molar-refractivity contribution in [3.63, 3.8) is 0 Å². The predicted molar refractivity (Wildman–Crippen MR) is 85.1 cm³/mol. The van der Waals surface area contributed by atoms with Crippen molar-refractivity contribution >= 4 is 0 Å². The molecular weight excluding hydrogens is 260 g/mol. The SMILES string of the molecule is COc1cc(CN2CCc3ccccc3C2)ccc1CN. The highest BCUT2D eigenvalue weighted by Gasteiger charge is 2.16. The van der Waals surface area contributed by atoms with Crippen molar-refractivity contribution in [2.24, 2.45) is 5.73 Å². The van der Waals surface area contributed by atoms with Crippen LogP contribution < -0.4 is 10.5 Å². The molecule has 0 aliphatic carbocycles. The van der Waals surface area contributed by atoms with Gasteiger partial charge < -0.3 is 10.5 Å². The number of fused-ring (bicyclic) bond motifs is 1. The van der Waals surface area contributed by atoms with Gasteiger partial charge in [-0.3, -0.25) is 4.90 Å². The van der Waals surface area contributed by atoms with Gasteiger partial charge in [0.05, 0.1) is 7.11 Å². The van der Waals surface area contributed by atoms with Gasteiger partial charge in [-0.25, -0.2) is 0 Å². The van der Waals surface area contributed by atoms with E-state index in [0.717, 1.165) is 37.4 Å². The van der Waals surface area contributed by atoms with Crippen LogP contribution in [-0.4, -0.2) is 18.6 Å². The summed E-state index contributed by atoms with van der Waals surface area (Å²) >= 11 is 0. The maximum Gasteiger partial charge on any atom is 0.123 e. The van der Waals surface area contributed by atoms with Gasteiger partial charge in [-0.15, -0.1) is 0 Å². The Labute approximate surface area is 126 Å². The molecule has 21 heavy (non-hydrogen) atoms. The Morgan fingerprint density at radius 1 is 1.14 bits per heavy atom. The van der Waals surface area contributed by atoms with E-state index in [2.05, 4.69) is 47.4 Å². The second-order valence-electron chi connectivity index (χ2n) is 5.58. The molecule has 2 aromatic carbocycles. The van der Waals surface area contributed by atoms with Crippen LogP contribution in [0.15, 0.2) is 42.5 Å². The Balaban J connectivity index is 1.73. The maximum atomic E-state index is 5.72. The largest absolute Gasteiger partial charge is 0.496 e. The van der Waals surface area contributed by atoms with Gasteiger partial charge in [-0.05, 0) is 29.2 Å². The molecule has 110 valence electrons. The highest BCUT2D eigenvalue weighted by atomic mass is 16.5. The Hall–Kier alpha value is -1.84. The van der Waals surface area contributed by atoms with E-state index in [-0.39, 0.29) is 0 Å². The van der Waals surface area contributed by atoms with Crippen LogP contribution >= 0.6 is 0 Å². The third-order valence-corrected chi connectivity index (χ3v) is 4.19. The average molecular weight is 282 g/mol. The fourth-order valence-electron chi connectivity index (χ4n) is 3.00. The van der Waals surface area contributed by atoms with Crippen LogP contribution in [0.1, 0.15) is 22.3 Å². The van der Waals surface area contributed by atoms with Crippen molar-refractivity contribution in [3.8, 4) is 5.75 Å². The molecule has 3 heteroatoms. The minimum Gasteiger partial charge on any atom is -0.496 e. The van der Waals surface area contributed by atoms with E-state index in [1.54, 1.807) is 7.11 Å². The quantitative estimate of drug-likeness (QED) is 0.937. The summed E-state index contributed by atoms with van der Waals surface area (Å²) in [7, 11) is 1.70. The van der Waals surface area contributed by atoms with E-state index in [1.165, 1.54) is 16.7 Å². The summed E-state index contributed by atoms with van der Waals surface area (Å²) in [6, 6.07) is 15.1. The zero-order valence-electron chi connectivity index (χ0n) is 12.5. The molecule has 0 saturated carbocycles. The fraction of sp³-hybridized carbons (Fsp3) is 0.333. The van der Waals surface area contributed by atoms with E-state index < -0.39 is 0 Å². The Bertz CT molecular complexity index is 624. The van der Waals surface area contributed by atoms with Crippen LogP contribution in [0.2, 0.25) is 0 Å². The summed E-state index contributed by atoms with van der Waals surface area (Å²) in [6.45, 7) is 3.60. The molecule has 1 heterocycles. The zero-order chi connectivity index (χ0) is 14.7. The molecule has 3 rings (SSSR count). The van der Waals surface area contributed by atoms with E-state index in [4.69, 9.17) is 10.5 Å². The van der Waals surface area contributed by atoms with Crippen molar-refractivity contribution in [2.75, 3.05) is 13.7 Å². The van der Waals surface area contributed by atoms with Crippen molar-refractivity contribution in [3.05, 3.63) is 64.7 Å². The number of benzene rings is 2. The van der Waals surface area contributed by atoms with Gasteiger partial charge >= 0.3 is 0 Å². The van der Waals surface area contributed by atoms with Crippen LogP contribution in [0.3, 0.4) is 0 Å². The second-order valence-corrected chi connectivity index (χ2v) is 5.58. The number of hydrogen-bond acceptors (Lipinski definition) is 3. The summed E-state index contributed by atoms with van der Waals surface area (Å²) in [5.41, 5.74) is 11.0. The Morgan fingerprint density at radius 2 is 1.95 bits per heavy atom. The van der Waals surface area contributed by atoms with E-state index in [9.17, 15) is 0 Å².